The van der Waals surface area contributed by atoms with E-state index in [-0.39, 0.29) is 12.3 Å². The summed E-state index contributed by atoms with van der Waals surface area (Å²) in [4.78, 5) is 11.5. The van der Waals surface area contributed by atoms with Crippen molar-refractivity contribution < 1.29 is 4.79 Å². The molecule has 0 fully saturated rings. The molecule has 0 atom stereocenters. The number of ketones is 1. The van der Waals surface area contributed by atoms with Crippen LogP contribution in [0.3, 0.4) is 0 Å². The maximum absolute atomic E-state index is 11.5. The third-order valence-electron chi connectivity index (χ3n) is 2.41. The molecule has 1 heterocycles. The summed E-state index contributed by atoms with van der Waals surface area (Å²) in [6.07, 6.45) is 1.94. The van der Waals surface area contributed by atoms with E-state index >= 15 is 0 Å². The van der Waals surface area contributed by atoms with Crippen LogP contribution >= 0.6 is 0 Å². The van der Waals surface area contributed by atoms with Crippen molar-refractivity contribution in [3.8, 4) is 0 Å². The quantitative estimate of drug-likeness (QED) is 0.722. The topological polar surface area (TPSA) is 48.0 Å². The lowest BCUT2D eigenvalue weighted by Crippen LogP contribution is -2.13. The fraction of sp³-hybridized carbons (Fsp3) is 0.182. The van der Waals surface area contributed by atoms with Gasteiger partial charge in [-0.25, -0.2) is 0 Å². The van der Waals surface area contributed by atoms with E-state index in [1.165, 1.54) is 0 Å². The Labute approximate surface area is 82.1 Å². The van der Waals surface area contributed by atoms with Crippen molar-refractivity contribution in [3.05, 3.63) is 36.0 Å². The van der Waals surface area contributed by atoms with Crippen molar-refractivity contribution >= 4 is 16.7 Å². The molecule has 0 aliphatic carbocycles. The van der Waals surface area contributed by atoms with Gasteiger partial charge in [0.05, 0.1) is 6.54 Å². The number of fused-ring (bicyclic) bond motifs is 1. The molecule has 0 bridgehead atoms. The number of hydrogen-bond acceptors (Lipinski definition) is 2. The Morgan fingerprint density at radius 3 is 2.93 bits per heavy atom. The molecule has 0 amide bonds. The van der Waals surface area contributed by atoms with E-state index in [1.807, 2.05) is 42.1 Å². The molecule has 2 rings (SSSR count). The number of carbonyl (C=O) groups excluding carboxylic acids is 1. The highest BCUT2D eigenvalue weighted by Gasteiger charge is 2.08. The highest BCUT2D eigenvalue weighted by Crippen LogP contribution is 2.19. The highest BCUT2D eigenvalue weighted by molar-refractivity contribution is 6.08. The molecule has 0 aliphatic rings. The Bertz CT molecular complexity index is 485. The lowest BCUT2D eigenvalue weighted by molar-refractivity contribution is 0.100. The molecule has 2 aromatic rings. The molecule has 0 aliphatic heterocycles. The zero-order valence-electron chi connectivity index (χ0n) is 8.03. The smallest absolute Gasteiger partial charge is 0.177 e. The summed E-state index contributed by atoms with van der Waals surface area (Å²) in [5, 5.41) is 0.977. The summed E-state index contributed by atoms with van der Waals surface area (Å²) in [7, 11) is 1.96. The van der Waals surface area contributed by atoms with Crippen molar-refractivity contribution in [3.63, 3.8) is 0 Å². The summed E-state index contributed by atoms with van der Waals surface area (Å²) in [6.45, 7) is 0.0635. The fourth-order valence-electron chi connectivity index (χ4n) is 1.66. The van der Waals surface area contributed by atoms with E-state index < -0.39 is 0 Å². The molecule has 72 valence electrons. The van der Waals surface area contributed by atoms with Crippen LogP contribution in [0.15, 0.2) is 30.5 Å². The highest BCUT2D eigenvalue weighted by atomic mass is 16.1. The summed E-state index contributed by atoms with van der Waals surface area (Å²) >= 11 is 0. The molecule has 0 unspecified atom stereocenters. The van der Waals surface area contributed by atoms with Gasteiger partial charge < -0.3 is 10.3 Å². The van der Waals surface area contributed by atoms with Crippen LogP contribution in [0.5, 0.6) is 0 Å². The number of nitrogens with zero attached hydrogens (tertiary/aromatic N) is 1. The number of aryl methyl sites for hydroxylation is 1. The van der Waals surface area contributed by atoms with Crippen molar-refractivity contribution in [1.29, 1.82) is 0 Å². The molecule has 3 nitrogen and oxygen atoms in total. The van der Waals surface area contributed by atoms with Gasteiger partial charge in [0, 0.05) is 29.7 Å². The molecule has 2 N–H and O–H groups in total. The first kappa shape index (κ1) is 8.97. The molecular formula is C11H12N2O. The Hall–Kier alpha value is -1.61. The first-order valence-corrected chi connectivity index (χ1v) is 4.51. The van der Waals surface area contributed by atoms with Gasteiger partial charge in [0.25, 0.3) is 0 Å². The minimum absolute atomic E-state index is 0.0122. The molecule has 1 aromatic heterocycles. The summed E-state index contributed by atoms with van der Waals surface area (Å²) in [6, 6.07) is 7.63. The minimum atomic E-state index is -0.0122. The fourth-order valence-corrected chi connectivity index (χ4v) is 1.66. The molecule has 0 spiro atoms. The monoisotopic (exact) mass is 188 g/mol. The van der Waals surface area contributed by atoms with Gasteiger partial charge in [0.1, 0.15) is 0 Å². The Morgan fingerprint density at radius 1 is 1.43 bits per heavy atom. The molecule has 3 heteroatoms. The van der Waals surface area contributed by atoms with Gasteiger partial charge in [-0.05, 0) is 12.1 Å². The first-order chi connectivity index (χ1) is 6.74. The molecule has 1 aromatic carbocycles. The second-order valence-corrected chi connectivity index (χ2v) is 3.29. The predicted octanol–water partition coefficient (Wildman–Crippen LogP) is 1.32. The molecule has 14 heavy (non-hydrogen) atoms. The van der Waals surface area contributed by atoms with Crippen LogP contribution < -0.4 is 5.73 Å². The third-order valence-corrected chi connectivity index (χ3v) is 2.41. The molecule has 0 radical (unpaired) electrons. The normalized spacial score (nSPS) is 10.7. The number of hydrogen-bond donors (Lipinski definition) is 1. The van der Waals surface area contributed by atoms with E-state index in [4.69, 9.17) is 5.73 Å². The van der Waals surface area contributed by atoms with Crippen LogP contribution in [0.2, 0.25) is 0 Å². The number of Topliss-reactive ketones (excluding diaryl/α,β-unsaturated/α-hetero) is 1. The summed E-state index contributed by atoms with van der Waals surface area (Å²) in [5.41, 5.74) is 7.12. The van der Waals surface area contributed by atoms with Gasteiger partial charge in [0.2, 0.25) is 0 Å². The lowest BCUT2D eigenvalue weighted by Gasteiger charge is -2.01. The minimum Gasteiger partial charge on any atom is -0.351 e. The van der Waals surface area contributed by atoms with E-state index in [0.29, 0.717) is 5.56 Å². The van der Waals surface area contributed by atoms with E-state index in [1.54, 1.807) is 0 Å². The Kier molecular flexibility index (Phi) is 2.09. The van der Waals surface area contributed by atoms with Gasteiger partial charge >= 0.3 is 0 Å². The number of carbonyl (C=O) groups is 1. The average Bonchev–Trinajstić information content (AvgIpc) is 2.59. The van der Waals surface area contributed by atoms with E-state index in [2.05, 4.69) is 0 Å². The standard InChI is InChI=1S/C11H12N2O/c1-13-6-5-8-9(11(14)7-12)3-2-4-10(8)13/h2-6H,7,12H2,1H3. The SMILES string of the molecule is Cn1ccc2c(C(=O)CN)cccc21. The van der Waals surface area contributed by atoms with Crippen LogP contribution in [0.25, 0.3) is 10.9 Å². The molecular weight excluding hydrogens is 176 g/mol. The van der Waals surface area contributed by atoms with Crippen molar-refractivity contribution in [1.82, 2.24) is 4.57 Å². The molecule has 0 saturated heterocycles. The maximum Gasteiger partial charge on any atom is 0.177 e. The molecule has 0 saturated carbocycles. The van der Waals surface area contributed by atoms with Gasteiger partial charge in [-0.2, -0.15) is 0 Å². The van der Waals surface area contributed by atoms with Crippen molar-refractivity contribution in [2.45, 2.75) is 0 Å². The summed E-state index contributed by atoms with van der Waals surface area (Å²) < 4.78 is 1.99. The Morgan fingerprint density at radius 2 is 2.21 bits per heavy atom. The number of benzene rings is 1. The summed E-state index contributed by atoms with van der Waals surface area (Å²) in [5.74, 6) is -0.0122. The Balaban J connectivity index is 2.71. The van der Waals surface area contributed by atoms with E-state index in [9.17, 15) is 4.79 Å². The average molecular weight is 188 g/mol. The third kappa shape index (κ3) is 1.22. The zero-order valence-corrected chi connectivity index (χ0v) is 8.03. The van der Waals surface area contributed by atoms with Crippen LogP contribution in [0.4, 0.5) is 0 Å². The number of aromatic nitrogens is 1. The van der Waals surface area contributed by atoms with Crippen molar-refractivity contribution in [2.75, 3.05) is 6.54 Å². The van der Waals surface area contributed by atoms with Crippen LogP contribution in [-0.2, 0) is 7.05 Å². The van der Waals surface area contributed by atoms with Crippen molar-refractivity contribution in [2.24, 2.45) is 12.8 Å². The second-order valence-electron chi connectivity index (χ2n) is 3.29. The van der Waals surface area contributed by atoms with Gasteiger partial charge in [0.15, 0.2) is 5.78 Å². The predicted molar refractivity (Wildman–Crippen MR) is 56.3 cm³/mol. The number of nitrogens with two attached hydrogens (primary N) is 1. The first-order valence-electron chi connectivity index (χ1n) is 4.51. The largest absolute Gasteiger partial charge is 0.351 e. The van der Waals surface area contributed by atoms with Gasteiger partial charge in [-0.15, -0.1) is 0 Å². The van der Waals surface area contributed by atoms with Gasteiger partial charge in [-0.3, -0.25) is 4.79 Å². The number of rotatable bonds is 2. The van der Waals surface area contributed by atoms with Crippen LogP contribution in [0.1, 0.15) is 10.4 Å². The zero-order chi connectivity index (χ0) is 10.1. The van der Waals surface area contributed by atoms with E-state index in [0.717, 1.165) is 10.9 Å². The lowest BCUT2D eigenvalue weighted by atomic mass is 10.1. The second kappa shape index (κ2) is 3.27. The van der Waals surface area contributed by atoms with Crippen LogP contribution in [0, 0.1) is 0 Å². The van der Waals surface area contributed by atoms with Gasteiger partial charge in [-0.1, -0.05) is 12.1 Å². The van der Waals surface area contributed by atoms with Crippen LogP contribution in [-0.4, -0.2) is 16.9 Å². The maximum atomic E-state index is 11.5.